The van der Waals surface area contributed by atoms with Gasteiger partial charge in [-0.3, -0.25) is 14.7 Å². The molecule has 3 aliphatic rings. The Bertz CT molecular complexity index is 749. The molecule has 31 heavy (non-hydrogen) atoms. The fourth-order valence-electron chi connectivity index (χ4n) is 5.36. The van der Waals surface area contributed by atoms with Gasteiger partial charge in [-0.2, -0.15) is 0 Å². The monoisotopic (exact) mass is 429 g/mol. The molecule has 0 aromatic carbocycles. The van der Waals surface area contributed by atoms with Crippen LogP contribution in [-0.2, 0) is 4.79 Å². The van der Waals surface area contributed by atoms with Crippen LogP contribution in [0.5, 0.6) is 0 Å². The largest absolute Gasteiger partial charge is 0.465 e. The first-order chi connectivity index (χ1) is 15.1. The molecule has 0 spiro atoms. The smallest absolute Gasteiger partial charge is 0.225 e. The van der Waals surface area contributed by atoms with Gasteiger partial charge in [0, 0.05) is 38.6 Å². The van der Waals surface area contributed by atoms with E-state index in [1.807, 2.05) is 20.0 Å². The van der Waals surface area contributed by atoms with E-state index < -0.39 is 0 Å². The molecule has 172 valence electrons. The zero-order chi connectivity index (χ0) is 21.6. The molecular weight excluding hydrogens is 390 g/mol. The lowest BCUT2D eigenvalue weighted by molar-refractivity contribution is -0.135. The molecule has 7 heteroatoms. The molecule has 3 fully saturated rings. The first-order valence-electron chi connectivity index (χ1n) is 12.2. The van der Waals surface area contributed by atoms with Gasteiger partial charge < -0.3 is 20.0 Å². The van der Waals surface area contributed by atoms with Gasteiger partial charge in [0.05, 0.1) is 6.04 Å². The van der Waals surface area contributed by atoms with Crippen LogP contribution in [0.15, 0.2) is 21.5 Å². The molecular formula is C24H39N5O2. The summed E-state index contributed by atoms with van der Waals surface area (Å²) in [6, 6.07) is 4.61. The minimum absolute atomic E-state index is 0.211. The summed E-state index contributed by atoms with van der Waals surface area (Å²) in [4.78, 5) is 21.9. The Labute approximate surface area is 186 Å². The molecule has 7 nitrogen and oxygen atoms in total. The van der Waals surface area contributed by atoms with Crippen LogP contribution in [0.25, 0.3) is 0 Å². The van der Waals surface area contributed by atoms with Crippen molar-refractivity contribution in [2.24, 2.45) is 10.9 Å². The second-order valence-corrected chi connectivity index (χ2v) is 9.41. The maximum atomic E-state index is 12.9. The molecule has 1 saturated carbocycles. The van der Waals surface area contributed by atoms with E-state index >= 15 is 0 Å². The minimum Gasteiger partial charge on any atom is -0.465 e. The van der Waals surface area contributed by atoms with Crippen molar-refractivity contribution >= 4 is 11.9 Å². The number of hydrogen-bond acceptors (Lipinski definition) is 4. The molecule has 0 bridgehead atoms. The average molecular weight is 430 g/mol. The Kier molecular flexibility index (Phi) is 7.54. The van der Waals surface area contributed by atoms with Crippen molar-refractivity contribution < 1.29 is 9.21 Å². The van der Waals surface area contributed by atoms with E-state index in [-0.39, 0.29) is 18.0 Å². The molecule has 2 atom stereocenters. The Balaban J connectivity index is 1.29. The van der Waals surface area contributed by atoms with Gasteiger partial charge in [-0.1, -0.05) is 19.3 Å². The highest BCUT2D eigenvalue weighted by molar-refractivity contribution is 5.81. The van der Waals surface area contributed by atoms with Crippen molar-refractivity contribution in [1.29, 1.82) is 0 Å². The van der Waals surface area contributed by atoms with Crippen LogP contribution in [-0.4, -0.2) is 67.5 Å². The first-order valence-corrected chi connectivity index (χ1v) is 12.2. The maximum absolute atomic E-state index is 12.9. The summed E-state index contributed by atoms with van der Waals surface area (Å²) in [5, 5.41) is 7.07. The molecule has 2 aliphatic heterocycles. The van der Waals surface area contributed by atoms with E-state index in [1.165, 1.54) is 32.1 Å². The maximum Gasteiger partial charge on any atom is 0.225 e. The second kappa shape index (κ2) is 10.5. The molecule has 2 N–H and O–H groups in total. The third-order valence-electron chi connectivity index (χ3n) is 7.15. The van der Waals surface area contributed by atoms with Gasteiger partial charge in [0.25, 0.3) is 0 Å². The van der Waals surface area contributed by atoms with Crippen molar-refractivity contribution in [3.8, 4) is 0 Å². The topological polar surface area (TPSA) is 73.1 Å². The molecule has 1 aliphatic carbocycles. The number of carbonyl (C=O) groups excluding carboxylic acids is 1. The normalized spacial score (nSPS) is 24.5. The number of aryl methyl sites for hydroxylation is 1. The van der Waals surface area contributed by atoms with Gasteiger partial charge in [-0.15, -0.1) is 0 Å². The van der Waals surface area contributed by atoms with Gasteiger partial charge in [-0.25, -0.2) is 0 Å². The van der Waals surface area contributed by atoms with E-state index in [0.29, 0.717) is 5.91 Å². The van der Waals surface area contributed by atoms with Crippen LogP contribution >= 0.6 is 0 Å². The van der Waals surface area contributed by atoms with Gasteiger partial charge in [-0.05, 0) is 64.3 Å². The number of hydrogen-bond donors (Lipinski definition) is 2. The van der Waals surface area contributed by atoms with Crippen LogP contribution in [0.4, 0.5) is 0 Å². The standard InChI is InChI=1S/C24H39N5O2/c1-18-10-11-22(31-18)21(28-13-6-7-14-28)16-26-24(25-2)27-20-12-15-29(17-20)23(30)19-8-4-3-5-9-19/h10-11,19-21H,3-9,12-17H2,1-2H3,(H2,25,26,27). The van der Waals surface area contributed by atoms with E-state index in [1.54, 1.807) is 0 Å². The first kappa shape index (κ1) is 22.2. The molecule has 3 heterocycles. The lowest BCUT2D eigenvalue weighted by atomic mass is 9.88. The number of nitrogens with zero attached hydrogens (tertiary/aromatic N) is 3. The summed E-state index contributed by atoms with van der Waals surface area (Å²) in [6.45, 7) is 6.61. The number of guanidine groups is 1. The summed E-state index contributed by atoms with van der Waals surface area (Å²) >= 11 is 0. The predicted molar refractivity (Wildman–Crippen MR) is 123 cm³/mol. The Morgan fingerprint density at radius 1 is 1.13 bits per heavy atom. The predicted octanol–water partition coefficient (Wildman–Crippen LogP) is 3.07. The van der Waals surface area contributed by atoms with Gasteiger partial charge in [0.2, 0.25) is 5.91 Å². The van der Waals surface area contributed by atoms with Crippen molar-refractivity contribution in [3.63, 3.8) is 0 Å². The summed E-state index contributed by atoms with van der Waals surface area (Å²) < 4.78 is 5.97. The highest BCUT2D eigenvalue weighted by Crippen LogP contribution is 2.27. The summed E-state index contributed by atoms with van der Waals surface area (Å²) in [5.41, 5.74) is 0. The average Bonchev–Trinajstić information content (AvgIpc) is 3.56. The molecule has 1 amide bonds. The fraction of sp³-hybridized carbons (Fsp3) is 0.750. The van der Waals surface area contributed by atoms with Crippen molar-refractivity contribution in [2.75, 3.05) is 39.8 Å². The van der Waals surface area contributed by atoms with Gasteiger partial charge >= 0.3 is 0 Å². The van der Waals surface area contributed by atoms with E-state index in [0.717, 1.165) is 69.5 Å². The van der Waals surface area contributed by atoms with Crippen LogP contribution < -0.4 is 10.6 Å². The minimum atomic E-state index is 0.211. The van der Waals surface area contributed by atoms with E-state index in [9.17, 15) is 4.79 Å². The number of carbonyl (C=O) groups is 1. The third-order valence-corrected chi connectivity index (χ3v) is 7.15. The number of furan rings is 1. The number of likely N-dealkylation sites (tertiary alicyclic amines) is 2. The lowest BCUT2D eigenvalue weighted by Crippen LogP contribution is -2.47. The van der Waals surface area contributed by atoms with E-state index in [4.69, 9.17) is 4.42 Å². The Morgan fingerprint density at radius 3 is 2.58 bits per heavy atom. The number of amides is 1. The molecule has 2 saturated heterocycles. The fourth-order valence-corrected chi connectivity index (χ4v) is 5.36. The highest BCUT2D eigenvalue weighted by atomic mass is 16.3. The van der Waals surface area contributed by atoms with E-state index in [2.05, 4.69) is 31.5 Å². The van der Waals surface area contributed by atoms with Crippen LogP contribution in [0.2, 0.25) is 0 Å². The van der Waals surface area contributed by atoms with Crippen LogP contribution in [0, 0.1) is 12.8 Å². The van der Waals surface area contributed by atoms with Crippen molar-refractivity contribution in [2.45, 2.75) is 70.4 Å². The Hall–Kier alpha value is -2.02. The zero-order valence-corrected chi connectivity index (χ0v) is 19.2. The quantitative estimate of drug-likeness (QED) is 0.537. The summed E-state index contributed by atoms with van der Waals surface area (Å²) in [7, 11) is 1.82. The van der Waals surface area contributed by atoms with Gasteiger partial charge in [0.15, 0.2) is 5.96 Å². The van der Waals surface area contributed by atoms with Crippen LogP contribution in [0.1, 0.15) is 68.9 Å². The molecule has 0 radical (unpaired) electrons. The number of rotatable bonds is 6. The summed E-state index contributed by atoms with van der Waals surface area (Å²) in [6.07, 6.45) is 9.30. The molecule has 2 unspecified atom stereocenters. The zero-order valence-electron chi connectivity index (χ0n) is 19.2. The molecule has 1 aromatic rings. The van der Waals surface area contributed by atoms with Crippen molar-refractivity contribution in [3.05, 3.63) is 23.7 Å². The third kappa shape index (κ3) is 5.62. The molecule has 4 rings (SSSR count). The number of aliphatic imine (C=N–C) groups is 1. The SMILES string of the molecule is CN=C(NCC(c1ccc(C)o1)N1CCCC1)NC1CCN(C(=O)C2CCCCC2)C1. The molecule has 1 aromatic heterocycles. The summed E-state index contributed by atoms with van der Waals surface area (Å²) in [5.74, 6) is 3.41. The second-order valence-electron chi connectivity index (χ2n) is 9.41. The highest BCUT2D eigenvalue weighted by Gasteiger charge is 2.32. The lowest BCUT2D eigenvalue weighted by Gasteiger charge is -2.28. The van der Waals surface area contributed by atoms with Crippen LogP contribution in [0.3, 0.4) is 0 Å². The Morgan fingerprint density at radius 2 is 1.90 bits per heavy atom. The van der Waals surface area contributed by atoms with Crippen molar-refractivity contribution in [1.82, 2.24) is 20.4 Å². The van der Waals surface area contributed by atoms with Gasteiger partial charge in [0.1, 0.15) is 11.5 Å². The number of nitrogens with one attached hydrogen (secondary N) is 2.